The molecule has 20 heavy (non-hydrogen) atoms. The zero-order valence-corrected chi connectivity index (χ0v) is 11.6. The number of hydrogen-bond acceptors (Lipinski definition) is 4. The minimum absolute atomic E-state index is 0.118. The third kappa shape index (κ3) is 2.04. The van der Waals surface area contributed by atoms with E-state index in [0.29, 0.717) is 6.54 Å². The first-order valence-electron chi connectivity index (χ1n) is 6.73. The zero-order valence-electron chi connectivity index (χ0n) is 10.8. The lowest BCUT2D eigenvalue weighted by atomic mass is 10.2. The lowest BCUT2D eigenvalue weighted by Crippen LogP contribution is -2.27. The number of hydrogen-bond donors (Lipinski definition) is 1. The SMILES string of the molecule is O=C(NC1=CCN=C1c1nc2ccccc2s1)C1CC1. The summed E-state index contributed by atoms with van der Waals surface area (Å²) in [6, 6.07) is 8.04. The van der Waals surface area contributed by atoms with Crippen LogP contribution < -0.4 is 5.32 Å². The summed E-state index contributed by atoms with van der Waals surface area (Å²) in [7, 11) is 0. The lowest BCUT2D eigenvalue weighted by Gasteiger charge is -2.06. The zero-order chi connectivity index (χ0) is 13.5. The Morgan fingerprint density at radius 2 is 2.15 bits per heavy atom. The highest BCUT2D eigenvalue weighted by molar-refractivity contribution is 7.20. The Morgan fingerprint density at radius 1 is 1.30 bits per heavy atom. The molecule has 1 N–H and O–H groups in total. The third-order valence-electron chi connectivity index (χ3n) is 3.50. The average Bonchev–Trinajstić information content (AvgIpc) is 3.07. The van der Waals surface area contributed by atoms with Crippen LogP contribution in [0.4, 0.5) is 0 Å². The number of benzene rings is 1. The smallest absolute Gasteiger partial charge is 0.227 e. The number of aromatic nitrogens is 1. The second-order valence-corrected chi connectivity index (χ2v) is 6.09. The minimum atomic E-state index is 0.118. The second-order valence-electron chi connectivity index (χ2n) is 5.06. The highest BCUT2D eigenvalue weighted by atomic mass is 32.1. The molecule has 2 aliphatic rings. The summed E-state index contributed by atoms with van der Waals surface area (Å²) in [5.41, 5.74) is 2.62. The quantitative estimate of drug-likeness (QED) is 0.941. The number of amides is 1. The van der Waals surface area contributed by atoms with Crippen LogP contribution in [-0.2, 0) is 4.79 Å². The van der Waals surface area contributed by atoms with Crippen LogP contribution in [0.1, 0.15) is 17.8 Å². The maximum atomic E-state index is 11.9. The monoisotopic (exact) mass is 283 g/mol. The number of aliphatic imine (C=N–C) groups is 1. The molecule has 2 aromatic rings. The van der Waals surface area contributed by atoms with E-state index in [0.717, 1.165) is 39.5 Å². The fourth-order valence-corrected chi connectivity index (χ4v) is 3.25. The van der Waals surface area contributed by atoms with Crippen LogP contribution >= 0.6 is 11.3 Å². The molecule has 1 aliphatic heterocycles. The van der Waals surface area contributed by atoms with Crippen molar-refractivity contribution < 1.29 is 4.79 Å². The molecule has 4 nitrogen and oxygen atoms in total. The number of nitrogens with zero attached hydrogens (tertiary/aromatic N) is 2. The summed E-state index contributed by atoms with van der Waals surface area (Å²) in [4.78, 5) is 21.0. The topological polar surface area (TPSA) is 54.4 Å². The van der Waals surface area contributed by atoms with Gasteiger partial charge in [0.2, 0.25) is 5.91 Å². The van der Waals surface area contributed by atoms with Gasteiger partial charge < -0.3 is 5.32 Å². The Bertz CT molecular complexity index is 722. The van der Waals surface area contributed by atoms with Crippen molar-refractivity contribution in [3.63, 3.8) is 0 Å². The van der Waals surface area contributed by atoms with E-state index in [-0.39, 0.29) is 11.8 Å². The van der Waals surface area contributed by atoms with Crippen molar-refractivity contribution in [3.05, 3.63) is 41.0 Å². The summed E-state index contributed by atoms with van der Waals surface area (Å²) in [5.74, 6) is 0.320. The fraction of sp³-hybridized carbons (Fsp3) is 0.267. The van der Waals surface area contributed by atoms with E-state index in [9.17, 15) is 4.79 Å². The van der Waals surface area contributed by atoms with Gasteiger partial charge in [-0.15, -0.1) is 11.3 Å². The van der Waals surface area contributed by atoms with Gasteiger partial charge in [-0.2, -0.15) is 0 Å². The van der Waals surface area contributed by atoms with Crippen LogP contribution in [0.25, 0.3) is 10.2 Å². The van der Waals surface area contributed by atoms with Crippen LogP contribution in [-0.4, -0.2) is 23.1 Å². The number of fused-ring (bicyclic) bond motifs is 1. The van der Waals surface area contributed by atoms with Crippen LogP contribution in [0.2, 0.25) is 0 Å². The van der Waals surface area contributed by atoms with E-state index in [1.54, 1.807) is 11.3 Å². The van der Waals surface area contributed by atoms with E-state index in [2.05, 4.69) is 21.4 Å². The van der Waals surface area contributed by atoms with E-state index < -0.39 is 0 Å². The van der Waals surface area contributed by atoms with Crippen molar-refractivity contribution >= 4 is 33.2 Å². The molecule has 5 heteroatoms. The first-order chi connectivity index (χ1) is 9.81. The maximum absolute atomic E-state index is 11.9. The van der Waals surface area contributed by atoms with Crippen molar-refractivity contribution in [2.24, 2.45) is 10.9 Å². The molecule has 0 atom stereocenters. The maximum Gasteiger partial charge on any atom is 0.227 e. The van der Waals surface area contributed by atoms with Crippen LogP contribution in [0.5, 0.6) is 0 Å². The van der Waals surface area contributed by atoms with Crippen molar-refractivity contribution in [1.82, 2.24) is 10.3 Å². The highest BCUT2D eigenvalue weighted by Gasteiger charge is 2.31. The molecular weight excluding hydrogens is 270 g/mol. The summed E-state index contributed by atoms with van der Waals surface area (Å²) < 4.78 is 1.14. The number of allylic oxidation sites excluding steroid dienone is 1. The van der Waals surface area contributed by atoms with Crippen LogP contribution in [0.3, 0.4) is 0 Å². The van der Waals surface area contributed by atoms with Crippen molar-refractivity contribution in [3.8, 4) is 0 Å². The summed E-state index contributed by atoms with van der Waals surface area (Å²) >= 11 is 1.62. The first kappa shape index (κ1) is 11.8. The standard InChI is InChI=1S/C15H13N3OS/c19-14(9-5-6-9)17-11-7-8-16-13(11)15-18-10-3-1-2-4-12(10)20-15/h1-4,7,9H,5-6,8H2,(H,17,19). The lowest BCUT2D eigenvalue weighted by molar-refractivity contribution is -0.121. The number of para-hydroxylation sites is 1. The Kier molecular flexibility index (Phi) is 2.67. The molecule has 1 aromatic carbocycles. The van der Waals surface area contributed by atoms with Gasteiger partial charge >= 0.3 is 0 Å². The average molecular weight is 283 g/mol. The van der Waals surface area contributed by atoms with Gasteiger partial charge in [-0.3, -0.25) is 9.79 Å². The van der Waals surface area contributed by atoms with Gasteiger partial charge in [-0.05, 0) is 31.1 Å². The van der Waals surface area contributed by atoms with E-state index in [1.807, 2.05) is 24.3 Å². The fourth-order valence-electron chi connectivity index (χ4n) is 2.26. The molecule has 0 saturated heterocycles. The molecular formula is C15H13N3OS. The number of carbonyl (C=O) groups excluding carboxylic acids is 1. The van der Waals surface area contributed by atoms with Crippen LogP contribution in [0, 0.1) is 5.92 Å². The number of rotatable bonds is 3. The van der Waals surface area contributed by atoms with E-state index >= 15 is 0 Å². The molecule has 2 heterocycles. The van der Waals surface area contributed by atoms with E-state index in [1.165, 1.54) is 0 Å². The molecule has 1 aromatic heterocycles. The molecule has 4 rings (SSSR count). The number of nitrogens with one attached hydrogen (secondary N) is 1. The molecule has 0 spiro atoms. The van der Waals surface area contributed by atoms with Gasteiger partial charge in [0.15, 0.2) is 0 Å². The van der Waals surface area contributed by atoms with Gasteiger partial charge in [-0.25, -0.2) is 4.98 Å². The predicted octanol–water partition coefficient (Wildman–Crippen LogP) is 2.51. The number of thiazole rings is 1. The van der Waals surface area contributed by atoms with Crippen molar-refractivity contribution in [2.45, 2.75) is 12.8 Å². The molecule has 0 radical (unpaired) electrons. The highest BCUT2D eigenvalue weighted by Crippen LogP contribution is 2.30. The number of carbonyl (C=O) groups is 1. The van der Waals surface area contributed by atoms with Gasteiger partial charge in [0.25, 0.3) is 0 Å². The Labute approximate surface area is 120 Å². The molecule has 1 aliphatic carbocycles. The third-order valence-corrected chi connectivity index (χ3v) is 4.55. The Balaban J connectivity index is 1.63. The van der Waals surface area contributed by atoms with Crippen molar-refractivity contribution in [2.75, 3.05) is 6.54 Å². The molecule has 1 saturated carbocycles. The molecule has 0 unspecified atom stereocenters. The van der Waals surface area contributed by atoms with Gasteiger partial charge in [0.1, 0.15) is 10.7 Å². The van der Waals surface area contributed by atoms with Crippen molar-refractivity contribution in [1.29, 1.82) is 0 Å². The van der Waals surface area contributed by atoms with Gasteiger partial charge in [0, 0.05) is 5.92 Å². The molecule has 0 bridgehead atoms. The van der Waals surface area contributed by atoms with Gasteiger partial charge in [-0.1, -0.05) is 12.1 Å². The minimum Gasteiger partial charge on any atom is -0.324 e. The normalized spacial score (nSPS) is 18.0. The largest absolute Gasteiger partial charge is 0.324 e. The van der Waals surface area contributed by atoms with Gasteiger partial charge in [0.05, 0.1) is 22.5 Å². The second kappa shape index (κ2) is 4.52. The molecule has 100 valence electrons. The Hall–Kier alpha value is -2.01. The molecule has 1 amide bonds. The summed E-state index contributed by atoms with van der Waals surface area (Å²) in [5, 5.41) is 3.87. The predicted molar refractivity (Wildman–Crippen MR) is 80.0 cm³/mol. The first-order valence-corrected chi connectivity index (χ1v) is 7.55. The molecule has 1 fully saturated rings. The Morgan fingerprint density at radius 3 is 2.95 bits per heavy atom. The summed E-state index contributed by atoms with van der Waals surface area (Å²) in [6.45, 7) is 0.617. The van der Waals surface area contributed by atoms with Crippen LogP contribution in [0.15, 0.2) is 41.0 Å². The summed E-state index contributed by atoms with van der Waals surface area (Å²) in [6.07, 6.45) is 3.97. The van der Waals surface area contributed by atoms with E-state index in [4.69, 9.17) is 0 Å².